The van der Waals surface area contributed by atoms with Gasteiger partial charge in [0.2, 0.25) is 5.91 Å². The highest BCUT2D eigenvalue weighted by molar-refractivity contribution is 5.76. The topological polar surface area (TPSA) is 70.4 Å². The molecule has 0 aromatic carbocycles. The smallest absolute Gasteiger partial charge is 0.220 e. The van der Waals surface area contributed by atoms with Crippen LogP contribution in [-0.4, -0.2) is 58.0 Å². The molecule has 2 heterocycles. The van der Waals surface area contributed by atoms with Crippen LogP contribution < -0.4 is 5.32 Å². The minimum absolute atomic E-state index is 0.0800. The number of aliphatic hydroxyl groups excluding tert-OH is 1. The predicted molar refractivity (Wildman–Crippen MR) is 80.8 cm³/mol. The summed E-state index contributed by atoms with van der Waals surface area (Å²) in [5.41, 5.74) is 1.09. The number of likely N-dealkylation sites (tertiary alicyclic amines) is 1. The van der Waals surface area contributed by atoms with Crippen LogP contribution in [0.1, 0.15) is 31.2 Å². The number of nitrogens with zero attached hydrogens (tertiary/aromatic N) is 3. The number of hydrogen-bond acceptors (Lipinski definition) is 4. The molecule has 2 rings (SSSR count). The average molecular weight is 294 g/mol. The fourth-order valence-corrected chi connectivity index (χ4v) is 2.85. The summed E-state index contributed by atoms with van der Waals surface area (Å²) in [5.74, 6) is 0.0800. The van der Waals surface area contributed by atoms with Crippen LogP contribution in [0.5, 0.6) is 0 Å². The molecule has 0 unspecified atom stereocenters. The second kappa shape index (κ2) is 8.14. The summed E-state index contributed by atoms with van der Waals surface area (Å²) >= 11 is 0. The Labute approximate surface area is 126 Å². The zero-order valence-corrected chi connectivity index (χ0v) is 12.8. The molecule has 2 N–H and O–H groups in total. The zero-order valence-electron chi connectivity index (χ0n) is 12.8. The minimum Gasteiger partial charge on any atom is -0.395 e. The highest BCUT2D eigenvalue weighted by Crippen LogP contribution is 2.15. The van der Waals surface area contributed by atoms with Gasteiger partial charge in [0.05, 0.1) is 12.8 Å². The molecule has 1 aromatic rings. The Morgan fingerprint density at radius 2 is 2.38 bits per heavy atom. The monoisotopic (exact) mass is 294 g/mol. The first-order valence-corrected chi connectivity index (χ1v) is 7.78. The molecule has 0 spiro atoms. The van der Waals surface area contributed by atoms with E-state index < -0.39 is 0 Å². The van der Waals surface area contributed by atoms with E-state index in [0.717, 1.165) is 31.5 Å². The Hall–Kier alpha value is -1.40. The number of carbonyl (C=O) groups excluding carboxylic acids is 1. The molecule has 21 heavy (non-hydrogen) atoms. The van der Waals surface area contributed by atoms with Crippen molar-refractivity contribution in [1.29, 1.82) is 0 Å². The number of carbonyl (C=O) groups is 1. The molecule has 6 nitrogen and oxygen atoms in total. The second-order valence-electron chi connectivity index (χ2n) is 5.74. The van der Waals surface area contributed by atoms with Gasteiger partial charge in [-0.15, -0.1) is 0 Å². The summed E-state index contributed by atoms with van der Waals surface area (Å²) in [6, 6.07) is 0.269. The molecular formula is C15H26N4O2. The lowest BCUT2D eigenvalue weighted by atomic mass is 10.0. The van der Waals surface area contributed by atoms with Crippen LogP contribution in [0.2, 0.25) is 0 Å². The van der Waals surface area contributed by atoms with Gasteiger partial charge in [-0.05, 0) is 31.4 Å². The number of nitrogens with one attached hydrogen (secondary N) is 1. The normalized spacial score (nSPS) is 19.6. The van der Waals surface area contributed by atoms with E-state index >= 15 is 0 Å². The third kappa shape index (κ3) is 5.13. The number of rotatable bonds is 7. The number of aryl methyl sites for hydroxylation is 2. The van der Waals surface area contributed by atoms with E-state index in [-0.39, 0.29) is 18.6 Å². The molecule has 1 saturated heterocycles. The number of aliphatic hydroxyl groups is 1. The first kappa shape index (κ1) is 16.0. The molecule has 1 fully saturated rings. The van der Waals surface area contributed by atoms with Crippen molar-refractivity contribution in [2.24, 2.45) is 7.05 Å². The van der Waals surface area contributed by atoms with E-state index in [2.05, 4.69) is 15.3 Å². The van der Waals surface area contributed by atoms with E-state index in [1.54, 1.807) is 10.9 Å². The first-order valence-electron chi connectivity index (χ1n) is 7.78. The molecular weight excluding hydrogens is 268 g/mol. The van der Waals surface area contributed by atoms with Crippen LogP contribution in [0.25, 0.3) is 0 Å². The summed E-state index contributed by atoms with van der Waals surface area (Å²) < 4.78 is 1.75. The Kier molecular flexibility index (Phi) is 6.20. The Bertz CT molecular complexity index is 447. The highest BCUT2D eigenvalue weighted by Gasteiger charge is 2.20. The fourth-order valence-electron chi connectivity index (χ4n) is 2.85. The van der Waals surface area contributed by atoms with Crippen molar-refractivity contribution in [2.45, 2.75) is 38.1 Å². The largest absolute Gasteiger partial charge is 0.395 e. The first-order chi connectivity index (χ1) is 10.2. The number of aromatic nitrogens is 2. The van der Waals surface area contributed by atoms with Crippen molar-refractivity contribution >= 4 is 5.91 Å². The molecule has 0 bridgehead atoms. The van der Waals surface area contributed by atoms with Crippen LogP contribution in [0.15, 0.2) is 12.4 Å². The molecule has 118 valence electrons. The quantitative estimate of drug-likeness (QED) is 0.759. The maximum atomic E-state index is 11.8. The number of hydrogen-bond donors (Lipinski definition) is 2. The molecule has 1 amide bonds. The average Bonchev–Trinajstić information content (AvgIpc) is 2.91. The maximum absolute atomic E-state index is 11.8. The van der Waals surface area contributed by atoms with Crippen molar-refractivity contribution in [3.63, 3.8) is 0 Å². The summed E-state index contributed by atoms with van der Waals surface area (Å²) in [5, 5.41) is 16.4. The molecule has 0 saturated carbocycles. The molecule has 0 aliphatic carbocycles. The van der Waals surface area contributed by atoms with Crippen LogP contribution >= 0.6 is 0 Å². The lowest BCUT2D eigenvalue weighted by molar-refractivity contribution is -0.121. The number of amides is 1. The van der Waals surface area contributed by atoms with Crippen LogP contribution in [-0.2, 0) is 18.3 Å². The molecule has 1 aliphatic rings. The minimum atomic E-state index is 0.0800. The van der Waals surface area contributed by atoms with Crippen LogP contribution in [0.4, 0.5) is 0 Å². The van der Waals surface area contributed by atoms with Crippen molar-refractivity contribution in [3.8, 4) is 0 Å². The summed E-state index contributed by atoms with van der Waals surface area (Å²) in [6.07, 6.45) is 8.40. The third-order valence-corrected chi connectivity index (χ3v) is 4.08. The molecule has 1 aromatic heterocycles. The summed E-state index contributed by atoms with van der Waals surface area (Å²) in [6.45, 7) is 2.72. The molecule has 1 aliphatic heterocycles. The summed E-state index contributed by atoms with van der Waals surface area (Å²) in [7, 11) is 1.87. The van der Waals surface area contributed by atoms with Crippen molar-refractivity contribution < 1.29 is 9.90 Å². The van der Waals surface area contributed by atoms with Gasteiger partial charge in [-0.25, -0.2) is 0 Å². The molecule has 0 radical (unpaired) electrons. The van der Waals surface area contributed by atoms with Gasteiger partial charge in [-0.1, -0.05) is 6.42 Å². The SMILES string of the molecule is Cn1cc(CCC(=O)NCCN2CCCC[C@@H]2CO)cn1. The van der Waals surface area contributed by atoms with Gasteiger partial charge >= 0.3 is 0 Å². The summed E-state index contributed by atoms with van der Waals surface area (Å²) in [4.78, 5) is 14.1. The predicted octanol–water partition coefficient (Wildman–Crippen LogP) is 0.316. The van der Waals surface area contributed by atoms with Crippen molar-refractivity contribution in [2.75, 3.05) is 26.2 Å². The second-order valence-corrected chi connectivity index (χ2v) is 5.74. The maximum Gasteiger partial charge on any atom is 0.220 e. The van der Waals surface area contributed by atoms with E-state index in [1.165, 1.54) is 12.8 Å². The van der Waals surface area contributed by atoms with Crippen LogP contribution in [0.3, 0.4) is 0 Å². The Morgan fingerprint density at radius 1 is 1.52 bits per heavy atom. The van der Waals surface area contributed by atoms with Crippen LogP contribution in [0, 0.1) is 0 Å². The van der Waals surface area contributed by atoms with E-state index in [0.29, 0.717) is 13.0 Å². The van der Waals surface area contributed by atoms with Crippen molar-refractivity contribution in [3.05, 3.63) is 18.0 Å². The highest BCUT2D eigenvalue weighted by atomic mass is 16.3. The fraction of sp³-hybridized carbons (Fsp3) is 0.733. The van der Waals surface area contributed by atoms with E-state index in [4.69, 9.17) is 0 Å². The lowest BCUT2D eigenvalue weighted by Gasteiger charge is -2.34. The van der Waals surface area contributed by atoms with Gasteiger partial charge in [0.1, 0.15) is 0 Å². The van der Waals surface area contributed by atoms with Gasteiger partial charge in [0.25, 0.3) is 0 Å². The third-order valence-electron chi connectivity index (χ3n) is 4.08. The van der Waals surface area contributed by atoms with E-state index in [1.807, 2.05) is 13.2 Å². The van der Waals surface area contributed by atoms with Gasteiger partial charge in [-0.3, -0.25) is 14.4 Å². The van der Waals surface area contributed by atoms with Gasteiger partial charge in [0, 0.05) is 38.8 Å². The number of piperidine rings is 1. The Morgan fingerprint density at radius 3 is 3.10 bits per heavy atom. The molecule has 6 heteroatoms. The Balaban J connectivity index is 1.62. The molecule has 1 atom stereocenters. The van der Waals surface area contributed by atoms with Gasteiger partial charge in [-0.2, -0.15) is 5.10 Å². The van der Waals surface area contributed by atoms with Gasteiger partial charge < -0.3 is 10.4 Å². The standard InChI is InChI=1S/C15H26N4O2/c1-18-11-13(10-17-18)5-6-15(21)16-7-9-19-8-3-2-4-14(19)12-20/h10-11,14,20H,2-9,12H2,1H3,(H,16,21)/t14-/m1/s1. The lowest BCUT2D eigenvalue weighted by Crippen LogP contribution is -2.45. The van der Waals surface area contributed by atoms with Gasteiger partial charge in [0.15, 0.2) is 0 Å². The zero-order chi connectivity index (χ0) is 15.1. The van der Waals surface area contributed by atoms with Crippen molar-refractivity contribution in [1.82, 2.24) is 20.0 Å². The van der Waals surface area contributed by atoms with E-state index in [9.17, 15) is 9.90 Å².